The average Bonchev–Trinajstić information content (AvgIpc) is 2.41. The Morgan fingerprint density at radius 2 is 1.85 bits per heavy atom. The third kappa shape index (κ3) is 4.63. The Labute approximate surface area is 125 Å². The van der Waals surface area contributed by atoms with Crippen LogP contribution >= 0.6 is 0 Å². The maximum absolute atomic E-state index is 6.36. The van der Waals surface area contributed by atoms with Crippen molar-refractivity contribution >= 4 is 0 Å². The van der Waals surface area contributed by atoms with Gasteiger partial charge >= 0.3 is 0 Å². The summed E-state index contributed by atoms with van der Waals surface area (Å²) in [4.78, 5) is 0. The molecule has 0 saturated heterocycles. The highest BCUT2D eigenvalue weighted by Crippen LogP contribution is 2.37. The number of benzene rings is 1. The first kappa shape index (κ1) is 15.6. The standard InChI is InChI=1S/C19H31N/c1-2-3-4-5-6-7-14-19(20)18-13-9-12-17(15-18)16-10-8-11-16/h9,12-13,15-16,19H,2-8,10-11,14,20H2,1H3. The van der Waals surface area contributed by atoms with Gasteiger partial charge in [-0.2, -0.15) is 0 Å². The van der Waals surface area contributed by atoms with E-state index in [0.717, 1.165) is 12.3 Å². The molecule has 0 aromatic heterocycles. The van der Waals surface area contributed by atoms with Gasteiger partial charge in [-0.1, -0.05) is 76.1 Å². The summed E-state index contributed by atoms with van der Waals surface area (Å²) in [6, 6.07) is 9.30. The van der Waals surface area contributed by atoms with Crippen molar-refractivity contribution in [3.63, 3.8) is 0 Å². The molecule has 1 unspecified atom stereocenters. The molecule has 0 amide bonds. The lowest BCUT2D eigenvalue weighted by molar-refractivity contribution is 0.419. The SMILES string of the molecule is CCCCCCCCC(N)c1cccc(C2CCC2)c1. The molecule has 0 heterocycles. The Kier molecular flexibility index (Phi) is 6.59. The highest BCUT2D eigenvalue weighted by Gasteiger charge is 2.19. The van der Waals surface area contributed by atoms with Gasteiger partial charge in [0.2, 0.25) is 0 Å². The van der Waals surface area contributed by atoms with Crippen LogP contribution in [0.1, 0.15) is 94.2 Å². The van der Waals surface area contributed by atoms with Crippen molar-refractivity contribution in [3.05, 3.63) is 35.4 Å². The summed E-state index contributed by atoms with van der Waals surface area (Å²) in [5.41, 5.74) is 9.23. The van der Waals surface area contributed by atoms with Gasteiger partial charge in [-0.15, -0.1) is 0 Å². The monoisotopic (exact) mass is 273 g/mol. The second kappa shape index (κ2) is 8.46. The van der Waals surface area contributed by atoms with E-state index in [2.05, 4.69) is 31.2 Å². The molecule has 1 fully saturated rings. The first-order valence-electron chi connectivity index (χ1n) is 8.66. The minimum atomic E-state index is 0.237. The normalized spacial score (nSPS) is 16.9. The highest BCUT2D eigenvalue weighted by molar-refractivity contribution is 5.29. The van der Waals surface area contributed by atoms with E-state index in [1.54, 1.807) is 0 Å². The molecule has 0 aliphatic heterocycles. The van der Waals surface area contributed by atoms with Crippen molar-refractivity contribution in [3.8, 4) is 0 Å². The van der Waals surface area contributed by atoms with Crippen LogP contribution in [0.2, 0.25) is 0 Å². The zero-order chi connectivity index (χ0) is 14.2. The van der Waals surface area contributed by atoms with Gasteiger partial charge in [0.15, 0.2) is 0 Å². The number of nitrogens with two attached hydrogens (primary N) is 1. The van der Waals surface area contributed by atoms with Crippen LogP contribution in [-0.4, -0.2) is 0 Å². The molecule has 1 aromatic carbocycles. The summed E-state index contributed by atoms with van der Waals surface area (Å²) < 4.78 is 0. The molecular weight excluding hydrogens is 242 g/mol. The van der Waals surface area contributed by atoms with Crippen molar-refractivity contribution in [1.29, 1.82) is 0 Å². The summed E-state index contributed by atoms with van der Waals surface area (Å²) in [5, 5.41) is 0. The van der Waals surface area contributed by atoms with Crippen molar-refractivity contribution < 1.29 is 0 Å². The Hall–Kier alpha value is -0.820. The first-order chi connectivity index (χ1) is 9.81. The first-order valence-corrected chi connectivity index (χ1v) is 8.66. The van der Waals surface area contributed by atoms with Gasteiger partial charge in [0.1, 0.15) is 0 Å². The average molecular weight is 273 g/mol. The van der Waals surface area contributed by atoms with E-state index in [1.807, 2.05) is 0 Å². The van der Waals surface area contributed by atoms with Gasteiger partial charge in [-0.05, 0) is 36.3 Å². The fourth-order valence-electron chi connectivity index (χ4n) is 3.10. The molecule has 0 bridgehead atoms. The largest absolute Gasteiger partial charge is 0.324 e. The lowest BCUT2D eigenvalue weighted by Gasteiger charge is -2.26. The fourth-order valence-corrected chi connectivity index (χ4v) is 3.10. The maximum atomic E-state index is 6.36. The molecule has 1 nitrogen and oxygen atoms in total. The van der Waals surface area contributed by atoms with Gasteiger partial charge in [0.05, 0.1) is 0 Å². The van der Waals surface area contributed by atoms with Crippen LogP contribution in [0.3, 0.4) is 0 Å². The van der Waals surface area contributed by atoms with E-state index in [0.29, 0.717) is 0 Å². The van der Waals surface area contributed by atoms with Crippen molar-refractivity contribution in [2.24, 2.45) is 5.73 Å². The molecular formula is C19H31N. The summed E-state index contributed by atoms with van der Waals surface area (Å²) in [6.07, 6.45) is 13.4. The zero-order valence-corrected chi connectivity index (χ0v) is 13.1. The lowest BCUT2D eigenvalue weighted by atomic mass is 9.79. The molecule has 0 spiro atoms. The van der Waals surface area contributed by atoms with Crippen molar-refractivity contribution in [1.82, 2.24) is 0 Å². The third-order valence-corrected chi connectivity index (χ3v) is 4.78. The molecule has 1 heteroatoms. The van der Waals surface area contributed by atoms with E-state index in [4.69, 9.17) is 5.73 Å². The second-order valence-corrected chi connectivity index (χ2v) is 6.46. The van der Waals surface area contributed by atoms with Gasteiger partial charge in [0, 0.05) is 6.04 Å². The molecule has 1 atom stereocenters. The van der Waals surface area contributed by atoms with Crippen LogP contribution in [-0.2, 0) is 0 Å². The van der Waals surface area contributed by atoms with Crippen LogP contribution in [0.4, 0.5) is 0 Å². The molecule has 1 aliphatic rings. The van der Waals surface area contributed by atoms with Gasteiger partial charge in [-0.3, -0.25) is 0 Å². The van der Waals surface area contributed by atoms with Crippen LogP contribution in [0.25, 0.3) is 0 Å². The fraction of sp³-hybridized carbons (Fsp3) is 0.684. The smallest absolute Gasteiger partial charge is 0.0294 e. The molecule has 0 radical (unpaired) electrons. The molecule has 112 valence electrons. The van der Waals surface area contributed by atoms with Crippen LogP contribution in [0.15, 0.2) is 24.3 Å². The van der Waals surface area contributed by atoms with Crippen molar-refractivity contribution in [2.75, 3.05) is 0 Å². The quantitative estimate of drug-likeness (QED) is 0.573. The topological polar surface area (TPSA) is 26.0 Å². The Morgan fingerprint density at radius 1 is 1.10 bits per heavy atom. The molecule has 1 saturated carbocycles. The van der Waals surface area contributed by atoms with Gasteiger partial charge in [0.25, 0.3) is 0 Å². The van der Waals surface area contributed by atoms with Crippen molar-refractivity contribution in [2.45, 2.75) is 83.1 Å². The highest BCUT2D eigenvalue weighted by atomic mass is 14.6. The van der Waals surface area contributed by atoms with E-state index >= 15 is 0 Å². The van der Waals surface area contributed by atoms with E-state index in [1.165, 1.54) is 68.9 Å². The summed E-state index contributed by atoms with van der Waals surface area (Å²) in [7, 11) is 0. The number of hydrogen-bond donors (Lipinski definition) is 1. The number of hydrogen-bond acceptors (Lipinski definition) is 1. The van der Waals surface area contributed by atoms with E-state index in [-0.39, 0.29) is 6.04 Å². The third-order valence-electron chi connectivity index (χ3n) is 4.78. The zero-order valence-electron chi connectivity index (χ0n) is 13.1. The second-order valence-electron chi connectivity index (χ2n) is 6.46. The minimum Gasteiger partial charge on any atom is -0.324 e. The van der Waals surface area contributed by atoms with Crippen LogP contribution in [0, 0.1) is 0 Å². The van der Waals surface area contributed by atoms with Crippen LogP contribution < -0.4 is 5.73 Å². The van der Waals surface area contributed by atoms with Crippen LogP contribution in [0.5, 0.6) is 0 Å². The molecule has 2 rings (SSSR count). The number of unbranched alkanes of at least 4 members (excludes halogenated alkanes) is 5. The summed E-state index contributed by atoms with van der Waals surface area (Å²) in [5.74, 6) is 0.816. The Bertz CT molecular complexity index is 381. The summed E-state index contributed by atoms with van der Waals surface area (Å²) >= 11 is 0. The predicted octanol–water partition coefficient (Wildman–Crippen LogP) is 5.70. The van der Waals surface area contributed by atoms with Gasteiger partial charge in [-0.25, -0.2) is 0 Å². The molecule has 1 aromatic rings. The minimum absolute atomic E-state index is 0.237. The predicted molar refractivity (Wildman–Crippen MR) is 88.0 cm³/mol. The molecule has 20 heavy (non-hydrogen) atoms. The number of rotatable bonds is 9. The van der Waals surface area contributed by atoms with Gasteiger partial charge < -0.3 is 5.73 Å². The Morgan fingerprint density at radius 3 is 2.55 bits per heavy atom. The molecule has 1 aliphatic carbocycles. The Balaban J connectivity index is 1.72. The summed E-state index contributed by atoms with van der Waals surface area (Å²) in [6.45, 7) is 2.27. The molecule has 2 N–H and O–H groups in total. The van der Waals surface area contributed by atoms with E-state index < -0.39 is 0 Å². The lowest BCUT2D eigenvalue weighted by Crippen LogP contribution is -2.13. The maximum Gasteiger partial charge on any atom is 0.0294 e. The van der Waals surface area contributed by atoms with E-state index in [9.17, 15) is 0 Å².